The first kappa shape index (κ1) is 13.4. The van der Waals surface area contributed by atoms with Gasteiger partial charge in [-0.3, -0.25) is 0 Å². The van der Waals surface area contributed by atoms with Crippen LogP contribution in [0.2, 0.25) is 0 Å². The zero-order valence-corrected chi connectivity index (χ0v) is 11.2. The van der Waals surface area contributed by atoms with Crippen LogP contribution in [0.5, 0.6) is 11.5 Å². The molecule has 0 aliphatic carbocycles. The number of benzene rings is 1. The molecule has 2 N–H and O–H groups in total. The first-order chi connectivity index (χ1) is 9.19. The maximum Gasteiger partial charge on any atom is 0.120 e. The van der Waals surface area contributed by atoms with Crippen molar-refractivity contribution in [2.45, 2.75) is 26.1 Å². The van der Waals surface area contributed by atoms with Crippen LogP contribution in [-0.4, -0.2) is 27.8 Å². The molecule has 102 valence electrons. The Labute approximate surface area is 112 Å². The molecule has 0 bridgehead atoms. The summed E-state index contributed by atoms with van der Waals surface area (Å²) in [4.78, 5) is 4.01. The summed E-state index contributed by atoms with van der Waals surface area (Å²) in [5.41, 5.74) is 0.830. The van der Waals surface area contributed by atoms with Crippen LogP contribution in [0.3, 0.4) is 0 Å². The monoisotopic (exact) mass is 261 g/mol. The third-order valence-corrected chi connectivity index (χ3v) is 2.97. The Kier molecular flexibility index (Phi) is 4.41. The second-order valence-electron chi connectivity index (χ2n) is 4.54. The van der Waals surface area contributed by atoms with E-state index >= 15 is 0 Å². The van der Waals surface area contributed by atoms with Crippen molar-refractivity contribution in [2.75, 3.05) is 7.11 Å². The second-order valence-corrected chi connectivity index (χ2v) is 4.54. The molecule has 1 atom stereocenters. The lowest BCUT2D eigenvalue weighted by Crippen LogP contribution is -2.29. The molecule has 5 heteroatoms. The van der Waals surface area contributed by atoms with E-state index in [9.17, 15) is 5.11 Å². The lowest BCUT2D eigenvalue weighted by Gasteiger charge is -2.15. The predicted octanol–water partition coefficient (Wildman–Crippen LogP) is 1.78. The summed E-state index contributed by atoms with van der Waals surface area (Å²) in [6, 6.07) is 5.51. The van der Waals surface area contributed by atoms with Crippen LogP contribution in [0.15, 0.2) is 36.9 Å². The summed E-state index contributed by atoms with van der Waals surface area (Å²) < 4.78 is 7.17. The van der Waals surface area contributed by atoms with E-state index in [1.165, 1.54) is 0 Å². The molecule has 19 heavy (non-hydrogen) atoms. The van der Waals surface area contributed by atoms with E-state index in [1.807, 2.05) is 16.8 Å². The summed E-state index contributed by atoms with van der Waals surface area (Å²) in [6.45, 7) is 3.53. The van der Waals surface area contributed by atoms with Crippen molar-refractivity contribution in [3.8, 4) is 11.5 Å². The van der Waals surface area contributed by atoms with Gasteiger partial charge in [-0.1, -0.05) is 0 Å². The smallest absolute Gasteiger partial charge is 0.120 e. The van der Waals surface area contributed by atoms with Crippen molar-refractivity contribution in [1.82, 2.24) is 14.9 Å². The molecule has 0 aliphatic heterocycles. The van der Waals surface area contributed by atoms with Crippen molar-refractivity contribution in [1.29, 1.82) is 0 Å². The first-order valence-corrected chi connectivity index (χ1v) is 6.24. The van der Waals surface area contributed by atoms with E-state index in [0.717, 1.165) is 17.9 Å². The normalized spacial score (nSPS) is 12.3. The topological polar surface area (TPSA) is 59.3 Å². The van der Waals surface area contributed by atoms with Crippen LogP contribution < -0.4 is 10.1 Å². The van der Waals surface area contributed by atoms with Gasteiger partial charge in [0.25, 0.3) is 0 Å². The van der Waals surface area contributed by atoms with Gasteiger partial charge in [0.2, 0.25) is 0 Å². The summed E-state index contributed by atoms with van der Waals surface area (Å²) >= 11 is 0. The molecule has 0 spiro atoms. The Morgan fingerprint density at radius 1 is 1.47 bits per heavy atom. The average molecular weight is 261 g/mol. The Hall–Kier alpha value is -2.01. The third kappa shape index (κ3) is 3.72. The number of phenols is 1. The molecule has 0 saturated heterocycles. The number of hydrogen-bond acceptors (Lipinski definition) is 4. The number of nitrogens with zero attached hydrogens (tertiary/aromatic N) is 2. The largest absolute Gasteiger partial charge is 0.508 e. The van der Waals surface area contributed by atoms with Gasteiger partial charge >= 0.3 is 0 Å². The molecule has 2 rings (SSSR count). The van der Waals surface area contributed by atoms with Crippen molar-refractivity contribution >= 4 is 0 Å². The van der Waals surface area contributed by atoms with E-state index in [4.69, 9.17) is 4.74 Å². The summed E-state index contributed by atoms with van der Waals surface area (Å²) in [6.07, 6.45) is 5.49. The lowest BCUT2D eigenvalue weighted by atomic mass is 10.1. The Bertz CT molecular complexity index is 511. The fraction of sp³-hybridized carbons (Fsp3) is 0.357. The van der Waals surface area contributed by atoms with Crippen LogP contribution in [0.25, 0.3) is 0 Å². The second kappa shape index (κ2) is 6.24. The minimum atomic E-state index is 0.278. The highest BCUT2D eigenvalue weighted by molar-refractivity contribution is 5.39. The molecule has 0 amide bonds. The number of rotatable bonds is 6. The van der Waals surface area contributed by atoms with Gasteiger partial charge < -0.3 is 19.7 Å². The Morgan fingerprint density at radius 2 is 2.32 bits per heavy atom. The molecule has 1 aromatic heterocycles. The van der Waals surface area contributed by atoms with Gasteiger partial charge in [-0.2, -0.15) is 0 Å². The molecule has 0 aliphatic rings. The van der Waals surface area contributed by atoms with E-state index in [-0.39, 0.29) is 11.8 Å². The van der Waals surface area contributed by atoms with Crippen molar-refractivity contribution in [2.24, 2.45) is 0 Å². The average Bonchev–Trinajstić information content (AvgIpc) is 2.90. The van der Waals surface area contributed by atoms with Gasteiger partial charge in [-0.15, -0.1) is 0 Å². The number of hydrogen-bond donors (Lipinski definition) is 2. The van der Waals surface area contributed by atoms with Crippen LogP contribution in [0.4, 0.5) is 0 Å². The number of aromatic nitrogens is 2. The molecular formula is C14H19N3O2. The summed E-state index contributed by atoms with van der Waals surface area (Å²) in [5, 5.41) is 13.2. The Balaban J connectivity index is 1.91. The molecule has 5 nitrogen and oxygen atoms in total. The number of methoxy groups -OCH3 is 1. The summed E-state index contributed by atoms with van der Waals surface area (Å²) in [7, 11) is 1.62. The van der Waals surface area contributed by atoms with Crippen LogP contribution in [0, 0.1) is 0 Å². The van der Waals surface area contributed by atoms with Crippen LogP contribution in [-0.2, 0) is 13.1 Å². The van der Waals surface area contributed by atoms with Gasteiger partial charge in [0.1, 0.15) is 11.5 Å². The standard InChI is InChI=1S/C14H19N3O2/c1-11(9-17-6-5-15-10-17)16-8-12-7-13(19-2)3-4-14(12)18/h3-7,10-11,16,18H,8-9H2,1-2H3. The quantitative estimate of drug-likeness (QED) is 0.832. The van der Waals surface area contributed by atoms with Gasteiger partial charge in [0.15, 0.2) is 0 Å². The van der Waals surface area contributed by atoms with Crippen LogP contribution in [0.1, 0.15) is 12.5 Å². The summed E-state index contributed by atoms with van der Waals surface area (Å²) in [5.74, 6) is 1.03. The molecule has 0 radical (unpaired) electrons. The van der Waals surface area contributed by atoms with Gasteiger partial charge in [0, 0.05) is 37.1 Å². The van der Waals surface area contributed by atoms with Crippen molar-refractivity contribution < 1.29 is 9.84 Å². The first-order valence-electron chi connectivity index (χ1n) is 6.24. The minimum absolute atomic E-state index is 0.278. The highest BCUT2D eigenvalue weighted by atomic mass is 16.5. The number of ether oxygens (including phenoxy) is 1. The fourth-order valence-electron chi connectivity index (χ4n) is 1.89. The molecule has 0 saturated carbocycles. The molecule has 1 heterocycles. The van der Waals surface area contributed by atoms with E-state index in [1.54, 1.807) is 31.8 Å². The van der Waals surface area contributed by atoms with Crippen molar-refractivity contribution in [3.63, 3.8) is 0 Å². The molecule has 1 aromatic carbocycles. The maximum atomic E-state index is 9.79. The fourth-order valence-corrected chi connectivity index (χ4v) is 1.89. The zero-order chi connectivity index (χ0) is 13.7. The van der Waals surface area contributed by atoms with Gasteiger partial charge in [-0.25, -0.2) is 4.98 Å². The maximum absolute atomic E-state index is 9.79. The molecule has 0 fully saturated rings. The minimum Gasteiger partial charge on any atom is -0.508 e. The van der Waals surface area contributed by atoms with E-state index < -0.39 is 0 Å². The SMILES string of the molecule is COc1ccc(O)c(CNC(C)Cn2ccnc2)c1. The molecular weight excluding hydrogens is 242 g/mol. The molecule has 1 unspecified atom stereocenters. The van der Waals surface area contributed by atoms with Crippen LogP contribution >= 0.6 is 0 Å². The number of nitrogens with one attached hydrogen (secondary N) is 1. The predicted molar refractivity (Wildman–Crippen MR) is 73.2 cm³/mol. The lowest BCUT2D eigenvalue weighted by molar-refractivity contribution is 0.408. The van der Waals surface area contributed by atoms with E-state index in [2.05, 4.69) is 17.2 Å². The number of aromatic hydroxyl groups is 1. The third-order valence-electron chi connectivity index (χ3n) is 2.97. The van der Waals surface area contributed by atoms with Gasteiger partial charge in [-0.05, 0) is 25.1 Å². The molecule has 2 aromatic rings. The number of imidazole rings is 1. The van der Waals surface area contributed by atoms with Crippen molar-refractivity contribution in [3.05, 3.63) is 42.5 Å². The van der Waals surface area contributed by atoms with E-state index in [0.29, 0.717) is 6.54 Å². The Morgan fingerprint density at radius 3 is 3.00 bits per heavy atom. The van der Waals surface area contributed by atoms with Gasteiger partial charge in [0.05, 0.1) is 13.4 Å². The highest BCUT2D eigenvalue weighted by Crippen LogP contribution is 2.22. The number of phenolic OH excluding ortho intramolecular Hbond substituents is 1. The zero-order valence-electron chi connectivity index (χ0n) is 11.2. The highest BCUT2D eigenvalue weighted by Gasteiger charge is 2.06.